The molecule has 1 N–H and O–H groups in total. The van der Waals surface area contributed by atoms with Gasteiger partial charge in [0.2, 0.25) is 0 Å². The zero-order valence-corrected chi connectivity index (χ0v) is 10.1. The number of ether oxygens (including phenoxy) is 1. The SMILES string of the molecule is CCOC1=NS(=O)(c2ccccc2)=CC(=O)N1. The van der Waals surface area contributed by atoms with Crippen molar-refractivity contribution in [2.24, 2.45) is 4.40 Å². The average Bonchev–Trinajstić information content (AvgIpc) is 2.29. The maximum atomic E-state index is 12.5. The van der Waals surface area contributed by atoms with Crippen molar-refractivity contribution in [1.29, 1.82) is 0 Å². The molecule has 0 radical (unpaired) electrons. The highest BCUT2D eigenvalue weighted by atomic mass is 32.2. The second-order valence-electron chi connectivity index (χ2n) is 3.32. The summed E-state index contributed by atoms with van der Waals surface area (Å²) in [6.07, 6.45) is 0. The Morgan fingerprint density at radius 2 is 2.06 bits per heavy atom. The number of carbonyl (C=O) groups excluding carboxylic acids is 1. The van der Waals surface area contributed by atoms with Crippen LogP contribution in [0.25, 0.3) is 0 Å². The fraction of sp³-hybridized carbons (Fsp3) is 0.182. The summed E-state index contributed by atoms with van der Waals surface area (Å²) in [6.45, 7) is 2.11. The van der Waals surface area contributed by atoms with Gasteiger partial charge in [-0.3, -0.25) is 10.1 Å². The molecule has 90 valence electrons. The molecule has 1 unspecified atom stereocenters. The predicted molar refractivity (Wildman–Crippen MR) is 66.1 cm³/mol. The van der Waals surface area contributed by atoms with Gasteiger partial charge in [0.15, 0.2) is 0 Å². The van der Waals surface area contributed by atoms with E-state index in [4.69, 9.17) is 4.74 Å². The highest BCUT2D eigenvalue weighted by Crippen LogP contribution is 2.14. The summed E-state index contributed by atoms with van der Waals surface area (Å²) in [5, 5.41) is 3.48. The quantitative estimate of drug-likeness (QED) is 0.782. The van der Waals surface area contributed by atoms with E-state index in [2.05, 4.69) is 9.71 Å². The molecule has 2 rings (SSSR count). The fourth-order valence-corrected chi connectivity index (χ4v) is 2.92. The zero-order chi connectivity index (χ0) is 12.3. The summed E-state index contributed by atoms with van der Waals surface area (Å²) in [6, 6.07) is 8.65. The Labute approximate surface area is 99.7 Å². The van der Waals surface area contributed by atoms with Crippen LogP contribution >= 0.6 is 0 Å². The van der Waals surface area contributed by atoms with Gasteiger partial charge in [0.05, 0.1) is 16.9 Å². The second kappa shape index (κ2) is 4.58. The molecule has 1 aromatic rings. The van der Waals surface area contributed by atoms with Gasteiger partial charge in [-0.25, -0.2) is 4.21 Å². The summed E-state index contributed by atoms with van der Waals surface area (Å²) >= 11 is 0. The van der Waals surface area contributed by atoms with Gasteiger partial charge in [-0.05, 0) is 19.1 Å². The van der Waals surface area contributed by atoms with E-state index in [-0.39, 0.29) is 6.02 Å². The summed E-state index contributed by atoms with van der Waals surface area (Å²) in [5.74, 6) is -0.461. The van der Waals surface area contributed by atoms with Crippen molar-refractivity contribution >= 4 is 27.0 Å². The van der Waals surface area contributed by atoms with Crippen LogP contribution < -0.4 is 5.32 Å². The number of carbonyl (C=O) groups is 1. The van der Waals surface area contributed by atoms with E-state index in [0.29, 0.717) is 11.5 Å². The smallest absolute Gasteiger partial charge is 0.305 e. The van der Waals surface area contributed by atoms with Crippen molar-refractivity contribution in [3.05, 3.63) is 30.3 Å². The lowest BCUT2D eigenvalue weighted by Crippen LogP contribution is -2.39. The number of nitrogens with one attached hydrogen (secondary N) is 1. The van der Waals surface area contributed by atoms with Crippen molar-refractivity contribution < 1.29 is 13.7 Å². The van der Waals surface area contributed by atoms with Crippen molar-refractivity contribution in [2.75, 3.05) is 6.61 Å². The Hall–Kier alpha value is -1.82. The van der Waals surface area contributed by atoms with Crippen LogP contribution in [-0.4, -0.2) is 28.1 Å². The van der Waals surface area contributed by atoms with Crippen molar-refractivity contribution in [3.63, 3.8) is 0 Å². The van der Waals surface area contributed by atoms with Gasteiger partial charge in [-0.2, -0.15) is 0 Å². The summed E-state index contributed by atoms with van der Waals surface area (Å²) in [4.78, 5) is 11.9. The molecule has 0 spiro atoms. The Morgan fingerprint density at radius 3 is 2.71 bits per heavy atom. The first-order chi connectivity index (χ1) is 8.14. The fourth-order valence-electron chi connectivity index (χ4n) is 1.39. The molecule has 1 heterocycles. The predicted octanol–water partition coefficient (Wildman–Crippen LogP) is 0.569. The summed E-state index contributed by atoms with van der Waals surface area (Å²) in [7, 11) is -2.86. The van der Waals surface area contributed by atoms with Gasteiger partial charge in [0.25, 0.3) is 5.91 Å². The molecule has 6 heteroatoms. The van der Waals surface area contributed by atoms with Crippen LogP contribution in [0.3, 0.4) is 0 Å². The van der Waals surface area contributed by atoms with Gasteiger partial charge < -0.3 is 4.74 Å². The van der Waals surface area contributed by atoms with Gasteiger partial charge in [0, 0.05) is 0 Å². The van der Waals surface area contributed by atoms with E-state index >= 15 is 0 Å². The molecule has 1 aliphatic rings. The number of benzene rings is 1. The Bertz CT molecular complexity index is 572. The summed E-state index contributed by atoms with van der Waals surface area (Å²) < 4.78 is 21.6. The lowest BCUT2D eigenvalue weighted by Gasteiger charge is -2.15. The van der Waals surface area contributed by atoms with Crippen LogP contribution in [0, 0.1) is 0 Å². The number of rotatable bonds is 2. The van der Waals surface area contributed by atoms with Crippen LogP contribution in [0.5, 0.6) is 0 Å². The largest absolute Gasteiger partial charge is 0.465 e. The van der Waals surface area contributed by atoms with E-state index < -0.39 is 15.6 Å². The molecule has 1 aromatic carbocycles. The lowest BCUT2D eigenvalue weighted by molar-refractivity contribution is -0.113. The Kier molecular flexibility index (Phi) is 3.14. The lowest BCUT2D eigenvalue weighted by atomic mass is 10.4. The molecule has 17 heavy (non-hydrogen) atoms. The number of amidine groups is 1. The molecule has 1 atom stereocenters. The standard InChI is InChI=1S/C11H12N2O3S/c1-2-16-11-12-10(14)8-17(15,13-11)9-6-4-3-5-7-9/h3-8H,2H2,1H3,(H,12,13,14,15). The zero-order valence-electron chi connectivity index (χ0n) is 9.25. The van der Waals surface area contributed by atoms with E-state index in [1.54, 1.807) is 31.2 Å². The second-order valence-corrected chi connectivity index (χ2v) is 5.35. The summed E-state index contributed by atoms with van der Waals surface area (Å²) in [5.41, 5.74) is 0. The third kappa shape index (κ3) is 2.47. The number of amides is 1. The van der Waals surface area contributed by atoms with Crippen molar-refractivity contribution in [3.8, 4) is 0 Å². The monoisotopic (exact) mass is 252 g/mol. The van der Waals surface area contributed by atoms with Crippen molar-refractivity contribution in [2.45, 2.75) is 11.8 Å². The normalized spacial score (nSPS) is 23.4. The maximum Gasteiger partial charge on any atom is 0.305 e. The highest BCUT2D eigenvalue weighted by molar-refractivity contribution is 8.01. The Balaban J connectivity index is 2.50. The minimum atomic E-state index is -2.86. The first-order valence-electron chi connectivity index (χ1n) is 5.12. The number of nitrogens with zero attached hydrogens (tertiary/aromatic N) is 1. The third-order valence-electron chi connectivity index (χ3n) is 2.08. The van der Waals surface area contributed by atoms with Crippen molar-refractivity contribution in [1.82, 2.24) is 5.32 Å². The number of hydrogen-bond acceptors (Lipinski definition) is 3. The molecule has 1 aliphatic heterocycles. The molecule has 1 amide bonds. The molecule has 0 bridgehead atoms. The van der Waals surface area contributed by atoms with Crippen LogP contribution in [0.15, 0.2) is 39.6 Å². The van der Waals surface area contributed by atoms with E-state index in [9.17, 15) is 9.00 Å². The average molecular weight is 252 g/mol. The molecule has 0 aliphatic carbocycles. The van der Waals surface area contributed by atoms with E-state index in [0.717, 1.165) is 5.37 Å². The first-order valence-corrected chi connectivity index (χ1v) is 6.69. The minimum Gasteiger partial charge on any atom is -0.465 e. The molecule has 0 aromatic heterocycles. The molecule has 0 saturated heterocycles. The molecule has 5 nitrogen and oxygen atoms in total. The van der Waals surface area contributed by atoms with Crippen LogP contribution in [-0.2, 0) is 19.2 Å². The van der Waals surface area contributed by atoms with Gasteiger partial charge in [0.1, 0.15) is 9.71 Å². The highest BCUT2D eigenvalue weighted by Gasteiger charge is 2.20. The topological polar surface area (TPSA) is 67.8 Å². The van der Waals surface area contributed by atoms with Gasteiger partial charge >= 0.3 is 6.02 Å². The minimum absolute atomic E-state index is 0.00820. The molecule has 0 fully saturated rings. The first kappa shape index (κ1) is 11.7. The number of hydrogen-bond donors (Lipinski definition) is 1. The van der Waals surface area contributed by atoms with Gasteiger partial charge in [-0.15, -0.1) is 4.40 Å². The van der Waals surface area contributed by atoms with Crippen LogP contribution in [0.1, 0.15) is 6.92 Å². The molecule has 0 saturated carbocycles. The van der Waals surface area contributed by atoms with Crippen LogP contribution in [0.4, 0.5) is 0 Å². The molecular formula is C11H12N2O3S. The van der Waals surface area contributed by atoms with E-state index in [1.807, 2.05) is 6.07 Å². The van der Waals surface area contributed by atoms with Gasteiger partial charge in [-0.1, -0.05) is 18.2 Å². The van der Waals surface area contributed by atoms with E-state index in [1.165, 1.54) is 0 Å². The maximum absolute atomic E-state index is 12.5. The van der Waals surface area contributed by atoms with Crippen LogP contribution in [0.2, 0.25) is 0 Å². The third-order valence-corrected chi connectivity index (χ3v) is 4.00. The Morgan fingerprint density at radius 1 is 1.35 bits per heavy atom. The molecular weight excluding hydrogens is 240 g/mol.